The lowest BCUT2D eigenvalue weighted by atomic mass is 9.92. The van der Waals surface area contributed by atoms with E-state index in [0.717, 1.165) is 19.5 Å². The molecule has 1 saturated heterocycles. The molecule has 3 heteroatoms. The minimum atomic E-state index is 0.674. The van der Waals surface area contributed by atoms with Gasteiger partial charge in [0.15, 0.2) is 0 Å². The first-order chi connectivity index (χ1) is 6.83. The third-order valence-electron chi connectivity index (χ3n) is 3.23. The monoisotopic (exact) mass is 193 g/mol. The Bertz CT molecular complexity index is 297. The highest BCUT2D eigenvalue weighted by molar-refractivity contribution is 5.26. The zero-order valence-electron chi connectivity index (χ0n) is 9.06. The van der Waals surface area contributed by atoms with Gasteiger partial charge in [-0.15, -0.1) is 0 Å². The number of hydrogen-bond donors (Lipinski definition) is 2. The van der Waals surface area contributed by atoms with Crippen molar-refractivity contribution >= 4 is 0 Å². The van der Waals surface area contributed by atoms with Crippen LogP contribution in [0.15, 0.2) is 0 Å². The fourth-order valence-corrected chi connectivity index (χ4v) is 2.29. The normalized spacial score (nSPS) is 18.7. The first-order valence-corrected chi connectivity index (χ1v) is 5.57. The van der Waals surface area contributed by atoms with Crippen LogP contribution in [-0.4, -0.2) is 23.3 Å². The van der Waals surface area contributed by atoms with Crippen molar-refractivity contribution in [1.82, 2.24) is 15.5 Å². The van der Waals surface area contributed by atoms with Gasteiger partial charge in [-0.2, -0.15) is 5.10 Å². The van der Waals surface area contributed by atoms with Crippen molar-refractivity contribution in [3.05, 3.63) is 17.0 Å². The lowest BCUT2D eigenvalue weighted by molar-refractivity contribution is 0.451. The maximum Gasteiger partial charge on any atom is 0.0685 e. The summed E-state index contributed by atoms with van der Waals surface area (Å²) in [5.41, 5.74) is 4.00. The van der Waals surface area contributed by atoms with Crippen LogP contribution in [0.2, 0.25) is 0 Å². The number of aromatic nitrogens is 2. The van der Waals surface area contributed by atoms with Gasteiger partial charge in [0.1, 0.15) is 0 Å². The summed E-state index contributed by atoms with van der Waals surface area (Å²) >= 11 is 0. The Balaban J connectivity index is 2.18. The van der Waals surface area contributed by atoms with Gasteiger partial charge in [-0.05, 0) is 44.8 Å². The smallest absolute Gasteiger partial charge is 0.0685 e. The largest absolute Gasteiger partial charge is 0.317 e. The molecular formula is C11H19N3. The zero-order valence-corrected chi connectivity index (χ0v) is 9.06. The van der Waals surface area contributed by atoms with Gasteiger partial charge in [-0.25, -0.2) is 0 Å². The van der Waals surface area contributed by atoms with Crippen LogP contribution in [0.5, 0.6) is 0 Å². The fraction of sp³-hybridized carbons (Fsp3) is 0.727. The number of aryl methyl sites for hydroxylation is 1. The Morgan fingerprint density at radius 1 is 1.36 bits per heavy atom. The minimum Gasteiger partial charge on any atom is -0.317 e. The van der Waals surface area contributed by atoms with Crippen molar-refractivity contribution in [2.24, 2.45) is 0 Å². The molecule has 0 radical (unpaired) electrons. The Morgan fingerprint density at radius 3 is 2.64 bits per heavy atom. The summed E-state index contributed by atoms with van der Waals surface area (Å²) in [4.78, 5) is 0. The second-order valence-corrected chi connectivity index (χ2v) is 4.09. The zero-order chi connectivity index (χ0) is 9.97. The summed E-state index contributed by atoms with van der Waals surface area (Å²) in [6.45, 7) is 6.64. The van der Waals surface area contributed by atoms with E-state index in [2.05, 4.69) is 29.4 Å². The van der Waals surface area contributed by atoms with E-state index in [1.54, 1.807) is 0 Å². The molecule has 1 aliphatic rings. The number of rotatable bonds is 2. The van der Waals surface area contributed by atoms with Gasteiger partial charge < -0.3 is 5.32 Å². The number of H-pyrrole nitrogens is 1. The van der Waals surface area contributed by atoms with Gasteiger partial charge >= 0.3 is 0 Å². The molecule has 1 fully saturated rings. The van der Waals surface area contributed by atoms with Crippen molar-refractivity contribution < 1.29 is 0 Å². The summed E-state index contributed by atoms with van der Waals surface area (Å²) in [6.07, 6.45) is 3.52. The van der Waals surface area contributed by atoms with Gasteiger partial charge in [0.05, 0.1) is 5.69 Å². The minimum absolute atomic E-state index is 0.674. The molecular weight excluding hydrogens is 174 g/mol. The van der Waals surface area contributed by atoms with Crippen LogP contribution in [0, 0.1) is 6.92 Å². The van der Waals surface area contributed by atoms with Crippen molar-refractivity contribution in [2.45, 2.75) is 39.0 Å². The molecule has 3 nitrogen and oxygen atoms in total. The molecule has 2 heterocycles. The van der Waals surface area contributed by atoms with E-state index in [1.165, 1.54) is 29.8 Å². The second kappa shape index (κ2) is 4.13. The number of hydrogen-bond acceptors (Lipinski definition) is 2. The van der Waals surface area contributed by atoms with Crippen molar-refractivity contribution in [3.8, 4) is 0 Å². The second-order valence-electron chi connectivity index (χ2n) is 4.09. The van der Waals surface area contributed by atoms with E-state index in [1.807, 2.05) is 0 Å². The molecule has 1 aromatic heterocycles. The molecule has 14 heavy (non-hydrogen) atoms. The van der Waals surface area contributed by atoms with Gasteiger partial charge in [0.2, 0.25) is 0 Å². The van der Waals surface area contributed by atoms with Crippen LogP contribution >= 0.6 is 0 Å². The van der Waals surface area contributed by atoms with E-state index in [9.17, 15) is 0 Å². The van der Waals surface area contributed by atoms with E-state index in [4.69, 9.17) is 0 Å². The van der Waals surface area contributed by atoms with E-state index < -0.39 is 0 Å². The molecule has 2 N–H and O–H groups in total. The molecule has 0 bridgehead atoms. The molecule has 0 atom stereocenters. The Kier molecular flexibility index (Phi) is 2.87. The maximum absolute atomic E-state index is 4.46. The van der Waals surface area contributed by atoms with Gasteiger partial charge in [0.25, 0.3) is 0 Å². The maximum atomic E-state index is 4.46. The molecule has 0 unspecified atom stereocenters. The van der Waals surface area contributed by atoms with Gasteiger partial charge in [-0.3, -0.25) is 5.10 Å². The van der Waals surface area contributed by atoms with E-state index in [-0.39, 0.29) is 0 Å². The number of aromatic amines is 1. The third kappa shape index (κ3) is 1.69. The average Bonchev–Trinajstić information content (AvgIpc) is 2.61. The molecule has 78 valence electrons. The lowest BCUT2D eigenvalue weighted by Crippen LogP contribution is -2.27. The first kappa shape index (κ1) is 9.71. The Hall–Kier alpha value is -0.830. The summed E-state index contributed by atoms with van der Waals surface area (Å²) in [7, 11) is 0. The summed E-state index contributed by atoms with van der Waals surface area (Å²) < 4.78 is 0. The SMILES string of the molecule is CCc1[nH]nc(C2CCNCC2)c1C. The van der Waals surface area contributed by atoms with Crippen LogP contribution in [0.3, 0.4) is 0 Å². The molecule has 0 saturated carbocycles. The molecule has 0 aliphatic carbocycles. The van der Waals surface area contributed by atoms with Crippen molar-refractivity contribution in [2.75, 3.05) is 13.1 Å². The van der Waals surface area contributed by atoms with Crippen LogP contribution < -0.4 is 5.32 Å². The Labute approximate surface area is 85.3 Å². The van der Waals surface area contributed by atoms with Crippen molar-refractivity contribution in [1.29, 1.82) is 0 Å². The molecule has 2 rings (SSSR count). The van der Waals surface area contributed by atoms with Crippen LogP contribution in [0.1, 0.15) is 42.6 Å². The summed E-state index contributed by atoms with van der Waals surface area (Å²) in [5, 5.41) is 11.0. The third-order valence-corrected chi connectivity index (χ3v) is 3.23. The highest BCUT2D eigenvalue weighted by Gasteiger charge is 2.20. The fourth-order valence-electron chi connectivity index (χ4n) is 2.29. The average molecular weight is 193 g/mol. The predicted molar refractivity (Wildman–Crippen MR) is 57.5 cm³/mol. The van der Waals surface area contributed by atoms with Gasteiger partial charge in [0, 0.05) is 11.6 Å². The summed E-state index contributed by atoms with van der Waals surface area (Å²) in [5.74, 6) is 0.674. The number of piperidine rings is 1. The van der Waals surface area contributed by atoms with Gasteiger partial charge in [-0.1, -0.05) is 6.92 Å². The highest BCUT2D eigenvalue weighted by atomic mass is 15.1. The number of nitrogens with zero attached hydrogens (tertiary/aromatic N) is 1. The standard InChI is InChI=1S/C11H19N3/c1-3-10-8(2)11(14-13-10)9-4-6-12-7-5-9/h9,12H,3-7H2,1-2H3,(H,13,14). The lowest BCUT2D eigenvalue weighted by Gasteiger charge is -2.21. The molecule has 0 spiro atoms. The highest BCUT2D eigenvalue weighted by Crippen LogP contribution is 2.27. The van der Waals surface area contributed by atoms with Crippen LogP contribution in [0.25, 0.3) is 0 Å². The molecule has 0 amide bonds. The summed E-state index contributed by atoms with van der Waals surface area (Å²) in [6, 6.07) is 0. The topological polar surface area (TPSA) is 40.7 Å². The molecule has 0 aromatic carbocycles. The molecule has 1 aliphatic heterocycles. The molecule has 1 aromatic rings. The quantitative estimate of drug-likeness (QED) is 0.751. The predicted octanol–water partition coefficient (Wildman–Crippen LogP) is 1.75. The van der Waals surface area contributed by atoms with E-state index >= 15 is 0 Å². The Morgan fingerprint density at radius 2 is 2.07 bits per heavy atom. The van der Waals surface area contributed by atoms with Crippen LogP contribution in [0.4, 0.5) is 0 Å². The van der Waals surface area contributed by atoms with E-state index in [0.29, 0.717) is 5.92 Å². The van der Waals surface area contributed by atoms with Crippen LogP contribution in [-0.2, 0) is 6.42 Å². The first-order valence-electron chi connectivity index (χ1n) is 5.57. The van der Waals surface area contributed by atoms with Crippen molar-refractivity contribution in [3.63, 3.8) is 0 Å². The number of nitrogens with one attached hydrogen (secondary N) is 2.